The summed E-state index contributed by atoms with van der Waals surface area (Å²) < 4.78 is 60.2. The number of alkyl halides is 3. The predicted molar refractivity (Wildman–Crippen MR) is 81.8 cm³/mol. The minimum atomic E-state index is -4.57. The van der Waals surface area contributed by atoms with Gasteiger partial charge < -0.3 is 9.47 Å². The maximum absolute atomic E-state index is 14.0. The summed E-state index contributed by atoms with van der Waals surface area (Å²) in [6.07, 6.45) is -3.37. The Morgan fingerprint density at radius 3 is 2.72 bits per heavy atom. The Balaban J connectivity index is 1.87. The van der Waals surface area contributed by atoms with Gasteiger partial charge >= 0.3 is 6.18 Å². The molecule has 2 aromatic rings. The molecule has 0 amide bonds. The topological polar surface area (TPSA) is 47.5 Å². The number of aromatic nitrogens is 2. The lowest BCUT2D eigenvalue weighted by Crippen LogP contribution is -2.20. The Labute approximate surface area is 140 Å². The highest BCUT2D eigenvalue weighted by atomic mass is 19.4. The van der Waals surface area contributed by atoms with E-state index in [2.05, 4.69) is 21.3 Å². The zero-order chi connectivity index (χ0) is 18.2. The SMILES string of the molecule is C=C1Oc2ccc(-c3cnc(OCC(F)(F)F)c(F)c3)nc2N1CC. The van der Waals surface area contributed by atoms with Crippen LogP contribution in [0, 0.1) is 5.82 Å². The molecule has 5 nitrogen and oxygen atoms in total. The van der Waals surface area contributed by atoms with Gasteiger partial charge in [0.2, 0.25) is 0 Å². The van der Waals surface area contributed by atoms with Crippen LogP contribution in [0.2, 0.25) is 0 Å². The Morgan fingerprint density at radius 1 is 1.32 bits per heavy atom. The second kappa shape index (κ2) is 6.23. The number of hydrogen-bond donors (Lipinski definition) is 0. The first-order chi connectivity index (χ1) is 11.8. The van der Waals surface area contributed by atoms with Crippen LogP contribution < -0.4 is 14.4 Å². The molecule has 2 aromatic heterocycles. The molecular formula is C16H13F4N3O2. The molecule has 0 unspecified atom stereocenters. The third kappa shape index (κ3) is 3.49. The molecule has 0 aromatic carbocycles. The standard InChI is InChI=1S/C16H13F4N3O2/c1-3-23-9(2)25-13-5-4-12(22-14(13)23)10-6-11(17)15(21-7-10)24-8-16(18,19)20/h4-7H,2-3,8H2,1H3. The number of fused-ring (bicyclic) bond motifs is 1. The lowest BCUT2D eigenvalue weighted by Gasteiger charge is -2.14. The highest BCUT2D eigenvalue weighted by Gasteiger charge is 2.29. The van der Waals surface area contributed by atoms with Gasteiger partial charge in [0, 0.05) is 18.3 Å². The third-order valence-electron chi connectivity index (χ3n) is 3.42. The molecular weight excluding hydrogens is 342 g/mol. The smallest absolute Gasteiger partial charge is 0.422 e. The van der Waals surface area contributed by atoms with Crippen molar-refractivity contribution in [1.82, 2.24) is 9.97 Å². The second-order valence-corrected chi connectivity index (χ2v) is 5.17. The first-order valence-corrected chi connectivity index (χ1v) is 7.29. The Morgan fingerprint density at radius 2 is 2.08 bits per heavy atom. The van der Waals surface area contributed by atoms with Crippen molar-refractivity contribution >= 4 is 5.82 Å². The molecule has 1 aliphatic heterocycles. The van der Waals surface area contributed by atoms with Crippen LogP contribution in [0.4, 0.5) is 23.4 Å². The minimum absolute atomic E-state index is 0.299. The first kappa shape index (κ1) is 17.0. The Bertz CT molecular complexity index is 824. The van der Waals surface area contributed by atoms with Crippen LogP contribution in [0.1, 0.15) is 6.92 Å². The molecule has 3 rings (SSSR count). The number of halogens is 4. The molecule has 0 aliphatic carbocycles. The van der Waals surface area contributed by atoms with E-state index in [-0.39, 0.29) is 0 Å². The van der Waals surface area contributed by atoms with Crippen LogP contribution in [0.25, 0.3) is 11.3 Å². The average Bonchev–Trinajstić information content (AvgIpc) is 2.86. The van der Waals surface area contributed by atoms with Crippen LogP contribution >= 0.6 is 0 Å². The third-order valence-corrected chi connectivity index (χ3v) is 3.42. The number of rotatable bonds is 4. The van der Waals surface area contributed by atoms with Crippen LogP contribution in [0.3, 0.4) is 0 Å². The summed E-state index contributed by atoms with van der Waals surface area (Å²) in [6, 6.07) is 4.27. The van der Waals surface area contributed by atoms with Gasteiger partial charge in [-0.25, -0.2) is 14.4 Å². The maximum Gasteiger partial charge on any atom is 0.422 e. The molecule has 1 aliphatic rings. The Hall–Kier alpha value is -2.84. The summed E-state index contributed by atoms with van der Waals surface area (Å²) in [4.78, 5) is 9.74. The van der Waals surface area contributed by atoms with Gasteiger partial charge in [0.1, 0.15) is 0 Å². The molecule has 0 N–H and O–H groups in total. The molecule has 0 atom stereocenters. The monoisotopic (exact) mass is 355 g/mol. The fraction of sp³-hybridized carbons (Fsp3) is 0.250. The van der Waals surface area contributed by atoms with E-state index in [1.807, 2.05) is 6.92 Å². The summed E-state index contributed by atoms with van der Waals surface area (Å²) in [5.41, 5.74) is 0.692. The number of nitrogens with zero attached hydrogens (tertiary/aromatic N) is 3. The minimum Gasteiger partial charge on any atom is -0.466 e. The van der Waals surface area contributed by atoms with Gasteiger partial charge in [-0.3, -0.25) is 4.90 Å². The van der Waals surface area contributed by atoms with Crippen molar-refractivity contribution in [3.63, 3.8) is 0 Å². The molecule has 0 spiro atoms. The number of anilines is 1. The zero-order valence-corrected chi connectivity index (χ0v) is 13.1. The first-order valence-electron chi connectivity index (χ1n) is 7.29. The normalized spacial score (nSPS) is 13.6. The molecule has 0 saturated heterocycles. The zero-order valence-electron chi connectivity index (χ0n) is 13.1. The van der Waals surface area contributed by atoms with Crippen molar-refractivity contribution in [3.05, 3.63) is 42.7 Å². The van der Waals surface area contributed by atoms with Crippen molar-refractivity contribution in [2.75, 3.05) is 18.1 Å². The highest BCUT2D eigenvalue weighted by Crippen LogP contribution is 2.38. The van der Waals surface area contributed by atoms with Gasteiger partial charge in [-0.2, -0.15) is 13.2 Å². The van der Waals surface area contributed by atoms with Gasteiger partial charge in [0.05, 0.1) is 5.69 Å². The van der Waals surface area contributed by atoms with Crippen LogP contribution in [-0.2, 0) is 0 Å². The summed E-state index contributed by atoms with van der Waals surface area (Å²) in [5, 5.41) is 0. The number of ether oxygens (including phenoxy) is 2. The summed E-state index contributed by atoms with van der Waals surface area (Å²) in [7, 11) is 0. The van der Waals surface area contributed by atoms with E-state index in [1.165, 1.54) is 6.20 Å². The number of pyridine rings is 2. The number of hydrogen-bond acceptors (Lipinski definition) is 5. The Kier molecular flexibility index (Phi) is 4.23. The second-order valence-electron chi connectivity index (χ2n) is 5.17. The molecule has 0 bridgehead atoms. The molecule has 9 heteroatoms. The van der Waals surface area contributed by atoms with Gasteiger partial charge in [-0.05, 0) is 31.7 Å². The summed E-state index contributed by atoms with van der Waals surface area (Å²) in [5.74, 6) is -0.231. The average molecular weight is 355 g/mol. The van der Waals surface area contributed by atoms with Gasteiger partial charge in [0.25, 0.3) is 5.88 Å². The lowest BCUT2D eigenvalue weighted by molar-refractivity contribution is -0.154. The van der Waals surface area contributed by atoms with Crippen LogP contribution in [-0.4, -0.2) is 29.3 Å². The molecule has 3 heterocycles. The van der Waals surface area contributed by atoms with Crippen molar-refractivity contribution in [1.29, 1.82) is 0 Å². The van der Waals surface area contributed by atoms with E-state index in [9.17, 15) is 17.6 Å². The van der Waals surface area contributed by atoms with Crippen molar-refractivity contribution in [2.24, 2.45) is 0 Å². The summed E-state index contributed by atoms with van der Waals surface area (Å²) >= 11 is 0. The van der Waals surface area contributed by atoms with Crippen LogP contribution in [0.15, 0.2) is 36.9 Å². The molecule has 25 heavy (non-hydrogen) atoms. The van der Waals surface area contributed by atoms with Crippen LogP contribution in [0.5, 0.6) is 11.6 Å². The molecule has 0 saturated carbocycles. The molecule has 0 fully saturated rings. The lowest BCUT2D eigenvalue weighted by atomic mass is 10.2. The highest BCUT2D eigenvalue weighted by molar-refractivity contribution is 5.68. The van der Waals surface area contributed by atoms with E-state index < -0.39 is 24.5 Å². The fourth-order valence-electron chi connectivity index (χ4n) is 2.32. The summed E-state index contributed by atoms with van der Waals surface area (Å²) in [6.45, 7) is 4.64. The van der Waals surface area contributed by atoms with Crippen molar-refractivity contribution < 1.29 is 27.0 Å². The maximum atomic E-state index is 14.0. The molecule has 132 valence electrons. The van der Waals surface area contributed by atoms with Gasteiger partial charge in [0.15, 0.2) is 29.9 Å². The van der Waals surface area contributed by atoms with Crippen molar-refractivity contribution in [3.8, 4) is 22.9 Å². The van der Waals surface area contributed by atoms with E-state index >= 15 is 0 Å². The van der Waals surface area contributed by atoms with E-state index in [1.54, 1.807) is 17.0 Å². The quantitative estimate of drug-likeness (QED) is 0.778. The molecule has 0 radical (unpaired) electrons. The van der Waals surface area contributed by atoms with E-state index in [0.29, 0.717) is 35.3 Å². The van der Waals surface area contributed by atoms with E-state index in [4.69, 9.17) is 4.74 Å². The largest absolute Gasteiger partial charge is 0.466 e. The fourth-order valence-corrected chi connectivity index (χ4v) is 2.32. The van der Waals surface area contributed by atoms with E-state index in [0.717, 1.165) is 6.07 Å². The van der Waals surface area contributed by atoms with Gasteiger partial charge in [-0.15, -0.1) is 0 Å². The van der Waals surface area contributed by atoms with Crippen molar-refractivity contribution in [2.45, 2.75) is 13.1 Å². The predicted octanol–water partition coefficient (Wildman–Crippen LogP) is 3.91. The van der Waals surface area contributed by atoms with Gasteiger partial charge in [-0.1, -0.05) is 0 Å².